The summed E-state index contributed by atoms with van der Waals surface area (Å²) in [6, 6.07) is 6.24. The van der Waals surface area contributed by atoms with Crippen LogP contribution in [0.25, 0.3) is 0 Å². The molecule has 3 aliphatic rings. The Morgan fingerprint density at radius 3 is 2.73 bits per heavy atom. The predicted molar refractivity (Wildman–Crippen MR) is 138 cm³/mol. The molecule has 1 heterocycles. The number of hydrogen-bond acceptors (Lipinski definition) is 4. The molecule has 178 valence electrons. The van der Waals surface area contributed by atoms with E-state index < -0.39 is 0 Å². The van der Waals surface area contributed by atoms with Gasteiger partial charge >= 0.3 is 0 Å². The van der Waals surface area contributed by atoms with Gasteiger partial charge in [-0.2, -0.15) is 0 Å². The van der Waals surface area contributed by atoms with E-state index >= 15 is 0 Å². The lowest BCUT2D eigenvalue weighted by molar-refractivity contribution is 0.0446. The molecule has 1 saturated carbocycles. The standard InChI is InChI=1S/C27H36ClFN4/c1-4-27(11-5-12-27)26(2)13-8-21(29)19-25(26)32-16-17-33(22-9-14-31-15-10-22)24-7-6-20(28)18-23(24)30-3/h4,6-8,18-19,22,31-32H,1,3,5,9-17H2,2H3. The third kappa shape index (κ3) is 4.63. The topological polar surface area (TPSA) is 39.7 Å². The molecule has 1 aromatic carbocycles. The second-order valence-electron chi connectivity index (χ2n) is 9.79. The number of allylic oxidation sites excluding steroid dienone is 5. The van der Waals surface area contributed by atoms with E-state index in [1.807, 2.05) is 18.2 Å². The van der Waals surface area contributed by atoms with E-state index in [0.29, 0.717) is 24.0 Å². The van der Waals surface area contributed by atoms with Gasteiger partial charge in [-0.3, -0.25) is 4.99 Å². The maximum atomic E-state index is 14.3. The maximum absolute atomic E-state index is 14.3. The zero-order chi connectivity index (χ0) is 23.5. The minimum Gasteiger partial charge on any atom is -0.386 e. The Hall–Kier alpha value is -2.11. The Kier molecular flexibility index (Phi) is 7.30. The smallest absolute Gasteiger partial charge is 0.121 e. The molecule has 0 bridgehead atoms. The Morgan fingerprint density at radius 1 is 1.33 bits per heavy atom. The predicted octanol–water partition coefficient (Wildman–Crippen LogP) is 6.32. The van der Waals surface area contributed by atoms with Crippen LogP contribution in [0.5, 0.6) is 0 Å². The summed E-state index contributed by atoms with van der Waals surface area (Å²) < 4.78 is 14.3. The van der Waals surface area contributed by atoms with Crippen LogP contribution >= 0.6 is 11.6 Å². The van der Waals surface area contributed by atoms with E-state index in [1.165, 1.54) is 6.42 Å². The summed E-state index contributed by atoms with van der Waals surface area (Å²) in [5.41, 5.74) is 2.72. The van der Waals surface area contributed by atoms with Gasteiger partial charge in [-0.1, -0.05) is 31.0 Å². The van der Waals surface area contributed by atoms with E-state index in [-0.39, 0.29) is 16.7 Å². The molecular formula is C27H36ClFN4. The number of nitrogens with zero attached hydrogens (tertiary/aromatic N) is 2. The maximum Gasteiger partial charge on any atom is 0.121 e. The van der Waals surface area contributed by atoms with Crippen molar-refractivity contribution in [2.24, 2.45) is 15.8 Å². The minimum absolute atomic E-state index is 0.0356. The van der Waals surface area contributed by atoms with Crippen LogP contribution in [-0.4, -0.2) is 38.9 Å². The summed E-state index contributed by atoms with van der Waals surface area (Å²) in [4.78, 5) is 6.67. The van der Waals surface area contributed by atoms with Gasteiger partial charge in [0.1, 0.15) is 5.83 Å². The lowest BCUT2D eigenvalue weighted by atomic mass is 9.51. The van der Waals surface area contributed by atoms with Crippen LogP contribution in [0.15, 0.2) is 59.5 Å². The first-order valence-electron chi connectivity index (χ1n) is 12.1. The first kappa shape index (κ1) is 24.0. The number of halogens is 2. The molecule has 1 saturated heterocycles. The summed E-state index contributed by atoms with van der Waals surface area (Å²) >= 11 is 6.23. The van der Waals surface area contributed by atoms with Crippen LogP contribution in [0.4, 0.5) is 15.8 Å². The summed E-state index contributed by atoms with van der Waals surface area (Å²) in [5.74, 6) is -0.153. The average molecular weight is 471 g/mol. The molecule has 2 fully saturated rings. The highest BCUT2D eigenvalue weighted by atomic mass is 35.5. The Bertz CT molecular complexity index is 945. The number of benzene rings is 1. The third-order valence-electron chi connectivity index (χ3n) is 8.15. The molecule has 0 radical (unpaired) electrons. The second-order valence-corrected chi connectivity index (χ2v) is 10.2. The van der Waals surface area contributed by atoms with E-state index in [9.17, 15) is 4.39 Å². The fourth-order valence-corrected chi connectivity index (χ4v) is 5.99. The fraction of sp³-hybridized carbons (Fsp3) is 0.519. The molecule has 2 aliphatic carbocycles. The number of anilines is 1. The van der Waals surface area contributed by atoms with Gasteiger partial charge in [-0.15, -0.1) is 6.58 Å². The zero-order valence-corrected chi connectivity index (χ0v) is 20.4. The molecule has 1 aromatic rings. The van der Waals surface area contributed by atoms with Crippen molar-refractivity contribution < 1.29 is 4.39 Å². The molecule has 0 amide bonds. The first-order valence-corrected chi connectivity index (χ1v) is 12.5. The van der Waals surface area contributed by atoms with Gasteiger partial charge in [0.15, 0.2) is 0 Å². The highest BCUT2D eigenvalue weighted by Gasteiger charge is 2.52. The van der Waals surface area contributed by atoms with E-state index in [4.69, 9.17) is 11.6 Å². The lowest BCUT2D eigenvalue weighted by Gasteiger charge is -2.55. The number of aliphatic imine (C=N–C) groups is 1. The summed E-state index contributed by atoms with van der Waals surface area (Å²) in [5, 5.41) is 7.75. The van der Waals surface area contributed by atoms with Crippen LogP contribution in [0.3, 0.4) is 0 Å². The van der Waals surface area contributed by atoms with Crippen LogP contribution in [-0.2, 0) is 0 Å². The SMILES string of the molecule is C=CC1(C2(C)CC=C(F)C=C2NCCN(c2ccc(Cl)cc2N=C)C2CCNCC2)CCC1. The third-order valence-corrected chi connectivity index (χ3v) is 8.39. The number of rotatable bonds is 9. The molecular weight excluding hydrogens is 435 g/mol. The second kappa shape index (κ2) is 10.0. The highest BCUT2D eigenvalue weighted by Crippen LogP contribution is 2.60. The Balaban J connectivity index is 1.54. The molecule has 1 atom stereocenters. The normalized spacial score (nSPS) is 24.8. The quantitative estimate of drug-likeness (QED) is 0.327. The lowest BCUT2D eigenvalue weighted by Crippen LogP contribution is -2.50. The van der Waals surface area contributed by atoms with E-state index in [1.54, 1.807) is 12.2 Å². The van der Waals surface area contributed by atoms with Gasteiger partial charge in [-0.25, -0.2) is 4.39 Å². The molecule has 0 aromatic heterocycles. The van der Waals surface area contributed by atoms with Crippen molar-refractivity contribution in [1.29, 1.82) is 0 Å². The molecule has 1 aliphatic heterocycles. The van der Waals surface area contributed by atoms with Gasteiger partial charge in [0.2, 0.25) is 0 Å². The molecule has 0 spiro atoms. The average Bonchev–Trinajstić information content (AvgIpc) is 2.79. The van der Waals surface area contributed by atoms with Crippen molar-refractivity contribution in [3.05, 3.63) is 59.6 Å². The van der Waals surface area contributed by atoms with Crippen molar-refractivity contribution in [2.45, 2.75) is 51.5 Å². The zero-order valence-electron chi connectivity index (χ0n) is 19.7. The Morgan fingerprint density at radius 2 is 2.09 bits per heavy atom. The molecule has 33 heavy (non-hydrogen) atoms. The summed E-state index contributed by atoms with van der Waals surface area (Å²) in [7, 11) is 0. The van der Waals surface area contributed by atoms with Gasteiger partial charge < -0.3 is 15.5 Å². The van der Waals surface area contributed by atoms with Crippen LogP contribution in [0, 0.1) is 10.8 Å². The van der Waals surface area contributed by atoms with E-state index in [2.05, 4.69) is 46.8 Å². The molecule has 6 heteroatoms. The van der Waals surface area contributed by atoms with Crippen LogP contribution in [0.1, 0.15) is 45.4 Å². The van der Waals surface area contributed by atoms with Gasteiger partial charge in [0, 0.05) is 35.3 Å². The van der Waals surface area contributed by atoms with Crippen LogP contribution < -0.4 is 15.5 Å². The Labute approximate surface area is 202 Å². The molecule has 4 rings (SSSR count). The first-order chi connectivity index (χ1) is 15.9. The van der Waals surface area contributed by atoms with Crippen LogP contribution in [0.2, 0.25) is 5.02 Å². The van der Waals surface area contributed by atoms with Crippen molar-refractivity contribution in [2.75, 3.05) is 31.1 Å². The number of nitrogens with one attached hydrogen (secondary N) is 2. The van der Waals surface area contributed by atoms with Crippen molar-refractivity contribution in [3.8, 4) is 0 Å². The number of piperidine rings is 1. The van der Waals surface area contributed by atoms with Gasteiger partial charge in [0.25, 0.3) is 0 Å². The molecule has 4 nitrogen and oxygen atoms in total. The van der Waals surface area contributed by atoms with Gasteiger partial charge in [-0.05, 0) is 87.7 Å². The summed E-state index contributed by atoms with van der Waals surface area (Å²) in [6.07, 6.45) is 11.8. The number of hydrogen-bond donors (Lipinski definition) is 2. The van der Waals surface area contributed by atoms with Crippen molar-refractivity contribution in [3.63, 3.8) is 0 Å². The summed E-state index contributed by atoms with van der Waals surface area (Å²) in [6.45, 7) is 13.7. The minimum atomic E-state index is -0.156. The van der Waals surface area contributed by atoms with Crippen molar-refractivity contribution in [1.82, 2.24) is 10.6 Å². The monoisotopic (exact) mass is 470 g/mol. The highest BCUT2D eigenvalue weighted by molar-refractivity contribution is 6.31. The molecule has 2 N–H and O–H groups in total. The van der Waals surface area contributed by atoms with Gasteiger partial charge in [0.05, 0.1) is 11.4 Å². The molecule has 1 unspecified atom stereocenters. The fourth-order valence-electron chi connectivity index (χ4n) is 5.82. The van der Waals surface area contributed by atoms with Crippen molar-refractivity contribution >= 4 is 29.7 Å². The van der Waals surface area contributed by atoms with E-state index in [0.717, 1.165) is 62.4 Å². The largest absolute Gasteiger partial charge is 0.386 e.